The lowest BCUT2D eigenvalue weighted by Gasteiger charge is -2.10. The van der Waals surface area contributed by atoms with Gasteiger partial charge in [-0.2, -0.15) is 0 Å². The van der Waals surface area contributed by atoms with Crippen LogP contribution in [0.1, 0.15) is 47.2 Å². The Morgan fingerprint density at radius 3 is 2.82 bits per heavy atom. The fourth-order valence-electron chi connectivity index (χ4n) is 2.08. The molecule has 2 N–H and O–H groups in total. The molecule has 0 radical (unpaired) electrons. The first kappa shape index (κ1) is 11.6. The average Bonchev–Trinajstić information content (AvgIpc) is 2.86. The van der Waals surface area contributed by atoms with Crippen LogP contribution in [-0.4, -0.2) is 28.2 Å². The van der Waals surface area contributed by atoms with Crippen molar-refractivity contribution in [2.24, 2.45) is 5.92 Å². The minimum atomic E-state index is -1.23. The Kier molecular flexibility index (Phi) is 3.12. The van der Waals surface area contributed by atoms with Crippen molar-refractivity contribution < 1.29 is 19.2 Å². The van der Waals surface area contributed by atoms with Gasteiger partial charge in [0, 0.05) is 12.1 Å². The topological polar surface area (TPSA) is 92.4 Å². The molecule has 0 aromatic carbocycles. The molecule has 1 heterocycles. The van der Waals surface area contributed by atoms with Crippen molar-refractivity contribution in [3.05, 3.63) is 17.5 Å². The molecular formula is C11H14N2O4. The van der Waals surface area contributed by atoms with E-state index in [1.165, 1.54) is 0 Å². The first-order valence-electron chi connectivity index (χ1n) is 5.57. The van der Waals surface area contributed by atoms with Crippen molar-refractivity contribution in [1.82, 2.24) is 10.5 Å². The summed E-state index contributed by atoms with van der Waals surface area (Å²) in [4.78, 5) is 22.3. The molecule has 6 heteroatoms. The van der Waals surface area contributed by atoms with Gasteiger partial charge in [0.25, 0.3) is 5.91 Å². The van der Waals surface area contributed by atoms with Crippen LogP contribution in [0.15, 0.2) is 10.6 Å². The van der Waals surface area contributed by atoms with Crippen molar-refractivity contribution in [3.8, 4) is 0 Å². The van der Waals surface area contributed by atoms with Gasteiger partial charge in [0.05, 0.1) is 0 Å². The van der Waals surface area contributed by atoms with Crippen LogP contribution in [0.5, 0.6) is 0 Å². The predicted octanol–water partition coefficient (Wildman–Crippen LogP) is 1.29. The van der Waals surface area contributed by atoms with E-state index < -0.39 is 5.97 Å². The van der Waals surface area contributed by atoms with E-state index in [9.17, 15) is 9.59 Å². The molecule has 1 aliphatic rings. The van der Waals surface area contributed by atoms with Crippen LogP contribution >= 0.6 is 0 Å². The monoisotopic (exact) mass is 238 g/mol. The van der Waals surface area contributed by atoms with Gasteiger partial charge in [-0.05, 0) is 25.2 Å². The van der Waals surface area contributed by atoms with E-state index in [-0.39, 0.29) is 23.4 Å². The zero-order valence-electron chi connectivity index (χ0n) is 9.47. The lowest BCUT2D eigenvalue weighted by Crippen LogP contribution is -2.33. The zero-order chi connectivity index (χ0) is 12.4. The molecule has 2 unspecified atom stereocenters. The maximum Gasteiger partial charge on any atom is 0.374 e. The average molecular weight is 238 g/mol. The molecule has 0 spiro atoms. The minimum Gasteiger partial charge on any atom is -0.475 e. The van der Waals surface area contributed by atoms with Gasteiger partial charge in [0.2, 0.25) is 5.76 Å². The molecule has 0 bridgehead atoms. The Morgan fingerprint density at radius 1 is 1.53 bits per heavy atom. The minimum absolute atomic E-state index is 0.0157. The first-order chi connectivity index (χ1) is 8.06. The molecule has 6 nitrogen and oxygen atoms in total. The largest absolute Gasteiger partial charge is 0.475 e. The standard InChI is InChI=1S/C11H14N2O4/c1-6-2-3-7(4-6)12-10(14)8-5-9(11(15)16)17-13-8/h5-7H,2-4H2,1H3,(H,12,14)(H,15,16). The molecule has 1 aromatic heterocycles. The van der Waals surface area contributed by atoms with Gasteiger partial charge in [-0.15, -0.1) is 0 Å². The maximum atomic E-state index is 11.7. The lowest BCUT2D eigenvalue weighted by atomic mass is 10.1. The van der Waals surface area contributed by atoms with Crippen LogP contribution in [0.3, 0.4) is 0 Å². The zero-order valence-corrected chi connectivity index (χ0v) is 9.47. The van der Waals surface area contributed by atoms with E-state index in [0.29, 0.717) is 5.92 Å². The first-order valence-corrected chi connectivity index (χ1v) is 5.57. The Balaban J connectivity index is 1.97. The SMILES string of the molecule is CC1CCC(NC(=O)c2cc(C(=O)O)on2)C1. The summed E-state index contributed by atoms with van der Waals surface area (Å²) in [5.41, 5.74) is 0.0157. The molecule has 2 atom stereocenters. The second kappa shape index (κ2) is 4.57. The van der Waals surface area contributed by atoms with Crippen LogP contribution in [0.2, 0.25) is 0 Å². The number of nitrogens with zero attached hydrogens (tertiary/aromatic N) is 1. The second-order valence-corrected chi connectivity index (χ2v) is 4.47. The van der Waals surface area contributed by atoms with Gasteiger partial charge in [-0.3, -0.25) is 4.79 Å². The molecular weight excluding hydrogens is 224 g/mol. The Morgan fingerprint density at radius 2 is 2.29 bits per heavy atom. The van der Waals surface area contributed by atoms with Crippen molar-refractivity contribution >= 4 is 11.9 Å². The summed E-state index contributed by atoms with van der Waals surface area (Å²) in [5, 5.41) is 14.9. The van der Waals surface area contributed by atoms with Crippen LogP contribution in [0.25, 0.3) is 0 Å². The summed E-state index contributed by atoms with van der Waals surface area (Å²) < 4.78 is 4.52. The van der Waals surface area contributed by atoms with Crippen molar-refractivity contribution in [1.29, 1.82) is 0 Å². The second-order valence-electron chi connectivity index (χ2n) is 4.47. The van der Waals surface area contributed by atoms with Crippen molar-refractivity contribution in [2.45, 2.75) is 32.2 Å². The predicted molar refractivity (Wildman–Crippen MR) is 57.7 cm³/mol. The highest BCUT2D eigenvalue weighted by molar-refractivity contribution is 5.94. The summed E-state index contributed by atoms with van der Waals surface area (Å²) in [5.74, 6) is -1.31. The highest BCUT2D eigenvalue weighted by atomic mass is 16.5. The van der Waals surface area contributed by atoms with E-state index in [4.69, 9.17) is 5.11 Å². The van der Waals surface area contributed by atoms with Gasteiger partial charge in [-0.1, -0.05) is 12.1 Å². The molecule has 0 saturated heterocycles. The number of nitrogens with one attached hydrogen (secondary N) is 1. The summed E-state index contributed by atoms with van der Waals surface area (Å²) in [6.07, 6.45) is 3.01. The van der Waals surface area contributed by atoms with Crippen LogP contribution in [0.4, 0.5) is 0 Å². The number of aromatic carboxylic acids is 1. The number of carboxylic acid groups (broad SMARTS) is 1. The van der Waals surface area contributed by atoms with Gasteiger partial charge < -0.3 is 14.9 Å². The third-order valence-electron chi connectivity index (χ3n) is 2.98. The number of aromatic nitrogens is 1. The van der Waals surface area contributed by atoms with Gasteiger partial charge >= 0.3 is 5.97 Å². The number of hydrogen-bond acceptors (Lipinski definition) is 4. The Bertz CT molecular complexity index is 440. The van der Waals surface area contributed by atoms with Crippen LogP contribution in [0, 0.1) is 5.92 Å². The molecule has 1 aromatic rings. The number of carbonyl (C=O) groups excluding carboxylic acids is 1. The molecule has 1 fully saturated rings. The Labute approximate surface area is 98.0 Å². The molecule has 2 rings (SSSR count). The van der Waals surface area contributed by atoms with Gasteiger partial charge in [0.15, 0.2) is 5.69 Å². The van der Waals surface area contributed by atoms with Crippen molar-refractivity contribution in [3.63, 3.8) is 0 Å². The van der Waals surface area contributed by atoms with Crippen LogP contribution in [-0.2, 0) is 0 Å². The van der Waals surface area contributed by atoms with Gasteiger partial charge in [0.1, 0.15) is 0 Å². The molecule has 1 amide bonds. The van der Waals surface area contributed by atoms with E-state index in [1.807, 2.05) is 0 Å². The van der Waals surface area contributed by atoms with E-state index in [2.05, 4.69) is 21.9 Å². The molecule has 92 valence electrons. The summed E-state index contributed by atoms with van der Waals surface area (Å²) in [6.45, 7) is 2.14. The third-order valence-corrected chi connectivity index (χ3v) is 2.98. The lowest BCUT2D eigenvalue weighted by molar-refractivity contribution is 0.0651. The quantitative estimate of drug-likeness (QED) is 0.827. The maximum absolute atomic E-state index is 11.7. The molecule has 17 heavy (non-hydrogen) atoms. The highest BCUT2D eigenvalue weighted by Crippen LogP contribution is 2.24. The number of hydrogen-bond donors (Lipinski definition) is 2. The summed E-state index contributed by atoms with van der Waals surface area (Å²) >= 11 is 0. The number of amides is 1. The number of carbonyl (C=O) groups is 2. The fraction of sp³-hybridized carbons (Fsp3) is 0.545. The van der Waals surface area contributed by atoms with Crippen LogP contribution < -0.4 is 5.32 Å². The van der Waals surface area contributed by atoms with Gasteiger partial charge in [-0.25, -0.2) is 4.79 Å². The fourth-order valence-corrected chi connectivity index (χ4v) is 2.08. The van der Waals surface area contributed by atoms with E-state index >= 15 is 0 Å². The smallest absolute Gasteiger partial charge is 0.374 e. The summed E-state index contributed by atoms with van der Waals surface area (Å²) in [7, 11) is 0. The molecule has 0 aliphatic heterocycles. The highest BCUT2D eigenvalue weighted by Gasteiger charge is 2.24. The Hall–Kier alpha value is -1.85. The molecule has 1 saturated carbocycles. The molecule has 1 aliphatic carbocycles. The van der Waals surface area contributed by atoms with Crippen molar-refractivity contribution in [2.75, 3.05) is 0 Å². The third kappa shape index (κ3) is 2.64. The summed E-state index contributed by atoms with van der Waals surface area (Å²) in [6, 6.07) is 1.29. The van der Waals surface area contributed by atoms with E-state index in [1.54, 1.807) is 0 Å². The number of rotatable bonds is 3. The number of carboxylic acids is 1. The van der Waals surface area contributed by atoms with E-state index in [0.717, 1.165) is 25.3 Å². The normalized spacial score (nSPS) is 23.6.